The maximum atomic E-state index is 10.7. The predicted molar refractivity (Wildman–Crippen MR) is 64.7 cm³/mol. The highest BCUT2D eigenvalue weighted by atomic mass is 16.5. The van der Waals surface area contributed by atoms with Crippen LogP contribution in [0.2, 0.25) is 0 Å². The van der Waals surface area contributed by atoms with Crippen molar-refractivity contribution in [2.75, 3.05) is 7.11 Å². The van der Waals surface area contributed by atoms with E-state index in [2.05, 4.69) is 10.3 Å². The van der Waals surface area contributed by atoms with E-state index in [1.165, 1.54) is 0 Å². The fraction of sp³-hybridized carbons (Fsp3) is 0.167. The third-order valence-electron chi connectivity index (χ3n) is 2.44. The summed E-state index contributed by atoms with van der Waals surface area (Å²) in [6, 6.07) is 8.90. The van der Waals surface area contributed by atoms with Crippen LogP contribution in [0.15, 0.2) is 30.3 Å². The molecule has 2 amide bonds. The van der Waals surface area contributed by atoms with Gasteiger partial charge in [0, 0.05) is 18.0 Å². The Morgan fingerprint density at radius 2 is 2.24 bits per heavy atom. The summed E-state index contributed by atoms with van der Waals surface area (Å²) in [5.74, 6) is 0.518. The Kier molecular flexibility index (Phi) is 3.09. The van der Waals surface area contributed by atoms with Crippen molar-refractivity contribution in [1.29, 1.82) is 0 Å². The number of nitrogens with two attached hydrogens (primary N) is 1. The number of nitrogens with zero attached hydrogens (tertiary/aromatic N) is 1. The summed E-state index contributed by atoms with van der Waals surface area (Å²) in [6.45, 7) is 0.356. The Bertz CT molecular complexity index is 554. The van der Waals surface area contributed by atoms with Crippen molar-refractivity contribution in [2.24, 2.45) is 5.73 Å². The van der Waals surface area contributed by atoms with Gasteiger partial charge in [0.1, 0.15) is 0 Å². The minimum absolute atomic E-state index is 0.356. The van der Waals surface area contributed by atoms with Gasteiger partial charge in [0.2, 0.25) is 5.88 Å². The van der Waals surface area contributed by atoms with Gasteiger partial charge in [-0.1, -0.05) is 18.2 Å². The zero-order valence-electron chi connectivity index (χ0n) is 9.43. The topological polar surface area (TPSA) is 77.2 Å². The zero-order chi connectivity index (χ0) is 12.3. The van der Waals surface area contributed by atoms with E-state index < -0.39 is 6.03 Å². The molecule has 1 aromatic heterocycles. The van der Waals surface area contributed by atoms with Gasteiger partial charge in [-0.3, -0.25) is 0 Å². The van der Waals surface area contributed by atoms with E-state index in [1.54, 1.807) is 13.2 Å². The molecule has 5 heteroatoms. The van der Waals surface area contributed by atoms with E-state index in [0.29, 0.717) is 12.4 Å². The number of rotatable bonds is 3. The van der Waals surface area contributed by atoms with E-state index in [4.69, 9.17) is 10.5 Å². The fourth-order valence-electron chi connectivity index (χ4n) is 1.65. The van der Waals surface area contributed by atoms with E-state index in [0.717, 1.165) is 16.5 Å². The first kappa shape index (κ1) is 11.2. The smallest absolute Gasteiger partial charge is 0.312 e. The van der Waals surface area contributed by atoms with Crippen molar-refractivity contribution in [3.8, 4) is 5.88 Å². The number of carbonyl (C=O) groups excluding carboxylic acids is 1. The third-order valence-corrected chi connectivity index (χ3v) is 2.44. The number of fused-ring (bicyclic) bond motifs is 1. The molecule has 0 radical (unpaired) electrons. The summed E-state index contributed by atoms with van der Waals surface area (Å²) in [5, 5.41) is 3.53. The molecular weight excluding hydrogens is 218 g/mol. The van der Waals surface area contributed by atoms with Gasteiger partial charge < -0.3 is 15.8 Å². The number of amides is 2. The average Bonchev–Trinajstić information content (AvgIpc) is 2.35. The lowest BCUT2D eigenvalue weighted by atomic mass is 10.1. The lowest BCUT2D eigenvalue weighted by Gasteiger charge is -2.08. The van der Waals surface area contributed by atoms with Crippen molar-refractivity contribution >= 4 is 16.9 Å². The molecule has 88 valence electrons. The molecule has 1 heterocycles. The summed E-state index contributed by atoms with van der Waals surface area (Å²) >= 11 is 0. The third kappa shape index (κ3) is 2.44. The number of primary amides is 1. The van der Waals surface area contributed by atoms with Crippen LogP contribution in [0.3, 0.4) is 0 Å². The second kappa shape index (κ2) is 4.69. The van der Waals surface area contributed by atoms with Gasteiger partial charge in [0.15, 0.2) is 0 Å². The van der Waals surface area contributed by atoms with Gasteiger partial charge in [-0.15, -0.1) is 0 Å². The Labute approximate surface area is 98.6 Å². The Hall–Kier alpha value is -2.30. The number of hydrogen-bond acceptors (Lipinski definition) is 3. The van der Waals surface area contributed by atoms with Crippen molar-refractivity contribution in [2.45, 2.75) is 6.54 Å². The first-order valence-electron chi connectivity index (χ1n) is 5.16. The molecular formula is C12H13N3O2. The number of para-hydroxylation sites is 1. The van der Waals surface area contributed by atoms with Gasteiger partial charge in [-0.05, 0) is 11.6 Å². The SMILES string of the molecule is COc1cc(CNC(N)=O)c2ccccc2n1. The zero-order valence-corrected chi connectivity index (χ0v) is 9.43. The lowest BCUT2D eigenvalue weighted by molar-refractivity contribution is 0.248. The molecule has 1 aromatic carbocycles. The standard InChI is InChI=1S/C12H13N3O2/c1-17-11-6-8(7-14-12(13)16)9-4-2-3-5-10(9)15-11/h2-6H,7H2,1H3,(H3,13,14,16). The number of nitrogens with one attached hydrogen (secondary N) is 1. The molecule has 0 aliphatic carbocycles. The molecule has 0 atom stereocenters. The van der Waals surface area contributed by atoms with Crippen LogP contribution in [0, 0.1) is 0 Å². The predicted octanol–water partition coefficient (Wildman–Crippen LogP) is 1.41. The molecule has 0 unspecified atom stereocenters. The molecule has 0 saturated heterocycles. The first-order valence-corrected chi connectivity index (χ1v) is 5.16. The van der Waals surface area contributed by atoms with Crippen LogP contribution in [0.1, 0.15) is 5.56 Å². The number of ether oxygens (including phenoxy) is 1. The minimum Gasteiger partial charge on any atom is -0.481 e. The van der Waals surface area contributed by atoms with Crippen LogP contribution in [0.5, 0.6) is 5.88 Å². The molecule has 2 rings (SSSR count). The number of carbonyl (C=O) groups is 1. The van der Waals surface area contributed by atoms with E-state index in [-0.39, 0.29) is 0 Å². The van der Waals surface area contributed by atoms with Gasteiger partial charge in [-0.25, -0.2) is 9.78 Å². The van der Waals surface area contributed by atoms with Gasteiger partial charge in [0.05, 0.1) is 12.6 Å². The number of aromatic nitrogens is 1. The van der Waals surface area contributed by atoms with Crippen molar-refractivity contribution in [3.05, 3.63) is 35.9 Å². The number of urea groups is 1. The molecule has 0 saturated carbocycles. The second-order valence-electron chi connectivity index (χ2n) is 3.56. The highest BCUT2D eigenvalue weighted by molar-refractivity contribution is 5.83. The molecule has 5 nitrogen and oxygen atoms in total. The van der Waals surface area contributed by atoms with Crippen LogP contribution in [0.25, 0.3) is 10.9 Å². The second-order valence-corrected chi connectivity index (χ2v) is 3.56. The molecule has 0 aliphatic heterocycles. The molecule has 0 spiro atoms. The molecule has 17 heavy (non-hydrogen) atoms. The van der Waals surface area contributed by atoms with Crippen LogP contribution >= 0.6 is 0 Å². The summed E-state index contributed by atoms with van der Waals surface area (Å²) < 4.78 is 5.11. The van der Waals surface area contributed by atoms with Crippen molar-refractivity contribution in [1.82, 2.24) is 10.3 Å². The largest absolute Gasteiger partial charge is 0.481 e. The molecule has 0 bridgehead atoms. The van der Waals surface area contributed by atoms with E-state index >= 15 is 0 Å². The molecule has 0 fully saturated rings. The van der Waals surface area contributed by atoms with Gasteiger partial charge >= 0.3 is 6.03 Å². The number of benzene rings is 1. The summed E-state index contributed by atoms with van der Waals surface area (Å²) in [6.07, 6.45) is 0. The quantitative estimate of drug-likeness (QED) is 0.838. The van der Waals surface area contributed by atoms with Crippen LogP contribution in [-0.4, -0.2) is 18.1 Å². The lowest BCUT2D eigenvalue weighted by Crippen LogP contribution is -2.28. The average molecular weight is 231 g/mol. The molecule has 3 N–H and O–H groups in total. The Morgan fingerprint density at radius 3 is 2.94 bits per heavy atom. The van der Waals surface area contributed by atoms with Crippen LogP contribution in [0.4, 0.5) is 4.79 Å². The van der Waals surface area contributed by atoms with Crippen molar-refractivity contribution in [3.63, 3.8) is 0 Å². The number of methoxy groups -OCH3 is 1. The Morgan fingerprint density at radius 1 is 1.47 bits per heavy atom. The van der Waals surface area contributed by atoms with E-state index in [1.807, 2.05) is 24.3 Å². The Balaban J connectivity index is 2.46. The highest BCUT2D eigenvalue weighted by Gasteiger charge is 2.06. The van der Waals surface area contributed by atoms with Crippen LogP contribution in [-0.2, 0) is 6.54 Å². The normalized spacial score (nSPS) is 10.2. The minimum atomic E-state index is -0.551. The maximum absolute atomic E-state index is 10.7. The molecule has 0 aliphatic rings. The highest BCUT2D eigenvalue weighted by Crippen LogP contribution is 2.21. The number of hydrogen-bond donors (Lipinski definition) is 2. The first-order chi connectivity index (χ1) is 8.20. The van der Waals surface area contributed by atoms with E-state index in [9.17, 15) is 4.79 Å². The summed E-state index contributed by atoms with van der Waals surface area (Å²) in [5.41, 5.74) is 6.81. The van der Waals surface area contributed by atoms with Crippen LogP contribution < -0.4 is 15.8 Å². The number of pyridine rings is 1. The van der Waals surface area contributed by atoms with Gasteiger partial charge in [0.25, 0.3) is 0 Å². The van der Waals surface area contributed by atoms with Gasteiger partial charge in [-0.2, -0.15) is 0 Å². The van der Waals surface area contributed by atoms with Crippen molar-refractivity contribution < 1.29 is 9.53 Å². The summed E-state index contributed by atoms with van der Waals surface area (Å²) in [7, 11) is 1.56. The fourth-order valence-corrected chi connectivity index (χ4v) is 1.65. The monoisotopic (exact) mass is 231 g/mol. The molecule has 2 aromatic rings. The maximum Gasteiger partial charge on any atom is 0.312 e. The summed E-state index contributed by atoms with van der Waals surface area (Å²) in [4.78, 5) is 15.0.